The largest absolute Gasteiger partial charge is 0.204 e. The fraction of sp³-hybridized carbons (Fsp3) is 0.273. The van der Waals surface area contributed by atoms with E-state index in [4.69, 9.17) is 5.26 Å². The molecule has 5 heteroatoms. The van der Waals surface area contributed by atoms with Crippen LogP contribution >= 0.6 is 0 Å². The van der Waals surface area contributed by atoms with E-state index in [9.17, 15) is 0 Å². The van der Waals surface area contributed by atoms with Crippen LogP contribution in [0.5, 0.6) is 0 Å². The average Bonchev–Trinajstić information content (AvgIpc) is 2.83. The molecule has 2 rings (SSSR count). The number of nitriles is 1. The van der Waals surface area contributed by atoms with Gasteiger partial charge in [-0.2, -0.15) is 10.5 Å². The van der Waals surface area contributed by atoms with E-state index >= 15 is 0 Å². The molecule has 0 amide bonds. The molecule has 0 unspecified atom stereocenters. The molecule has 2 aromatic rings. The summed E-state index contributed by atoms with van der Waals surface area (Å²) in [6.45, 7) is 3.77. The van der Waals surface area contributed by atoms with Crippen molar-refractivity contribution < 1.29 is 0 Å². The second-order valence-corrected chi connectivity index (χ2v) is 4.05. The fourth-order valence-electron chi connectivity index (χ4n) is 1.38. The summed E-state index contributed by atoms with van der Waals surface area (Å²) in [7, 11) is 0. The molecular formula is C11H11N5. The van der Waals surface area contributed by atoms with Crippen molar-refractivity contribution in [1.82, 2.24) is 20.6 Å². The van der Waals surface area contributed by atoms with Crippen molar-refractivity contribution in [3.8, 4) is 17.5 Å². The highest BCUT2D eigenvalue weighted by atomic mass is 15.5. The zero-order valence-electron chi connectivity index (χ0n) is 9.10. The Morgan fingerprint density at radius 3 is 2.44 bits per heavy atom. The third kappa shape index (κ3) is 1.77. The number of tetrazole rings is 1. The van der Waals surface area contributed by atoms with Gasteiger partial charge in [0.05, 0.1) is 11.5 Å². The number of H-pyrrole nitrogens is 1. The van der Waals surface area contributed by atoms with Gasteiger partial charge in [0.15, 0.2) is 0 Å². The number of aromatic nitrogens is 4. The molecule has 0 atom stereocenters. The minimum atomic E-state index is -0.476. The summed E-state index contributed by atoms with van der Waals surface area (Å²) in [6.07, 6.45) is 0. The van der Waals surface area contributed by atoms with Crippen molar-refractivity contribution in [1.29, 1.82) is 5.26 Å². The SMILES string of the molecule is CC(C)(C#N)c1ccc(-c2nn[nH]n2)cc1. The molecule has 1 aromatic carbocycles. The smallest absolute Gasteiger partial charge is 0.197 e. The van der Waals surface area contributed by atoms with Crippen LogP contribution < -0.4 is 0 Å². The highest BCUT2D eigenvalue weighted by molar-refractivity contribution is 5.55. The maximum Gasteiger partial charge on any atom is 0.204 e. The minimum Gasteiger partial charge on any atom is -0.197 e. The molecule has 0 saturated carbocycles. The molecule has 80 valence electrons. The van der Waals surface area contributed by atoms with E-state index in [0.29, 0.717) is 5.82 Å². The summed E-state index contributed by atoms with van der Waals surface area (Å²) in [5.41, 5.74) is 1.38. The number of benzene rings is 1. The monoisotopic (exact) mass is 213 g/mol. The Bertz CT molecular complexity index is 504. The lowest BCUT2D eigenvalue weighted by Gasteiger charge is -2.15. The van der Waals surface area contributed by atoms with Crippen LogP contribution in [0.2, 0.25) is 0 Å². The van der Waals surface area contributed by atoms with Crippen LogP contribution in [0, 0.1) is 11.3 Å². The Balaban J connectivity index is 2.35. The van der Waals surface area contributed by atoms with Crippen molar-refractivity contribution >= 4 is 0 Å². The summed E-state index contributed by atoms with van der Waals surface area (Å²) in [5, 5.41) is 22.7. The lowest BCUT2D eigenvalue weighted by molar-refractivity contribution is 0.687. The molecule has 1 heterocycles. The van der Waals surface area contributed by atoms with E-state index in [1.54, 1.807) is 0 Å². The normalized spacial score (nSPS) is 11.1. The molecule has 0 aliphatic heterocycles. The zero-order chi connectivity index (χ0) is 11.6. The van der Waals surface area contributed by atoms with Crippen LogP contribution in [0.15, 0.2) is 24.3 Å². The third-order valence-electron chi connectivity index (χ3n) is 2.49. The van der Waals surface area contributed by atoms with Gasteiger partial charge in [0, 0.05) is 5.56 Å². The second kappa shape index (κ2) is 3.74. The summed E-state index contributed by atoms with van der Waals surface area (Å²) in [4.78, 5) is 0. The standard InChI is InChI=1S/C11H11N5/c1-11(2,7-12)9-5-3-8(4-6-9)10-13-15-16-14-10/h3-6H,1-2H3,(H,13,14,15,16). The molecule has 0 aliphatic carbocycles. The summed E-state index contributed by atoms with van der Waals surface area (Å²) in [5.74, 6) is 0.557. The van der Waals surface area contributed by atoms with Crippen LogP contribution in [0.3, 0.4) is 0 Å². The van der Waals surface area contributed by atoms with Crippen LogP contribution in [-0.4, -0.2) is 20.6 Å². The van der Waals surface area contributed by atoms with Crippen molar-refractivity contribution in [2.24, 2.45) is 0 Å². The number of hydrogen-bond donors (Lipinski definition) is 1. The molecule has 0 aliphatic rings. The van der Waals surface area contributed by atoms with Gasteiger partial charge in [-0.1, -0.05) is 24.3 Å². The average molecular weight is 213 g/mol. The van der Waals surface area contributed by atoms with Crippen LogP contribution in [0.1, 0.15) is 19.4 Å². The first kappa shape index (κ1) is 10.3. The van der Waals surface area contributed by atoms with E-state index in [1.165, 1.54) is 0 Å². The zero-order valence-corrected chi connectivity index (χ0v) is 9.10. The number of hydrogen-bond acceptors (Lipinski definition) is 4. The molecule has 0 radical (unpaired) electrons. The molecular weight excluding hydrogens is 202 g/mol. The van der Waals surface area contributed by atoms with Crippen molar-refractivity contribution in [2.45, 2.75) is 19.3 Å². The molecule has 16 heavy (non-hydrogen) atoms. The van der Waals surface area contributed by atoms with Gasteiger partial charge in [0.25, 0.3) is 0 Å². The van der Waals surface area contributed by atoms with E-state index in [0.717, 1.165) is 11.1 Å². The maximum absolute atomic E-state index is 9.01. The van der Waals surface area contributed by atoms with Gasteiger partial charge in [0.1, 0.15) is 0 Å². The molecule has 5 nitrogen and oxygen atoms in total. The van der Waals surface area contributed by atoms with Gasteiger partial charge in [-0.3, -0.25) is 0 Å². The Morgan fingerprint density at radius 2 is 1.94 bits per heavy atom. The summed E-state index contributed by atoms with van der Waals surface area (Å²) in [6, 6.07) is 9.86. The van der Waals surface area contributed by atoms with Gasteiger partial charge in [0.2, 0.25) is 5.82 Å². The fourth-order valence-corrected chi connectivity index (χ4v) is 1.38. The molecule has 0 saturated heterocycles. The Kier molecular flexibility index (Phi) is 2.41. The first-order valence-electron chi connectivity index (χ1n) is 4.89. The topological polar surface area (TPSA) is 78.2 Å². The first-order valence-corrected chi connectivity index (χ1v) is 4.89. The molecule has 0 fully saturated rings. The van der Waals surface area contributed by atoms with Gasteiger partial charge in [-0.25, -0.2) is 0 Å². The van der Waals surface area contributed by atoms with Crippen LogP contribution in [0.25, 0.3) is 11.4 Å². The number of nitrogens with zero attached hydrogens (tertiary/aromatic N) is 4. The quantitative estimate of drug-likeness (QED) is 0.823. The third-order valence-corrected chi connectivity index (χ3v) is 2.49. The van der Waals surface area contributed by atoms with E-state index in [2.05, 4.69) is 26.7 Å². The van der Waals surface area contributed by atoms with Crippen molar-refractivity contribution in [2.75, 3.05) is 0 Å². The van der Waals surface area contributed by atoms with Crippen LogP contribution in [-0.2, 0) is 5.41 Å². The lowest BCUT2D eigenvalue weighted by atomic mass is 9.86. The Hall–Kier alpha value is -2.22. The molecule has 0 bridgehead atoms. The predicted molar refractivity (Wildman–Crippen MR) is 58.3 cm³/mol. The summed E-state index contributed by atoms with van der Waals surface area (Å²) < 4.78 is 0. The van der Waals surface area contributed by atoms with Gasteiger partial charge >= 0.3 is 0 Å². The van der Waals surface area contributed by atoms with E-state index in [-0.39, 0.29) is 0 Å². The molecule has 1 N–H and O–H groups in total. The Labute approximate surface area is 93.1 Å². The number of rotatable bonds is 2. The van der Waals surface area contributed by atoms with E-state index < -0.39 is 5.41 Å². The predicted octanol–water partition coefficient (Wildman–Crippen LogP) is 1.67. The minimum absolute atomic E-state index is 0.476. The van der Waals surface area contributed by atoms with Gasteiger partial charge < -0.3 is 0 Å². The first-order chi connectivity index (χ1) is 7.63. The highest BCUT2D eigenvalue weighted by Gasteiger charge is 2.19. The maximum atomic E-state index is 9.01. The highest BCUT2D eigenvalue weighted by Crippen LogP contribution is 2.24. The summed E-state index contributed by atoms with van der Waals surface area (Å²) >= 11 is 0. The lowest BCUT2D eigenvalue weighted by Crippen LogP contribution is -2.13. The molecule has 0 spiro atoms. The van der Waals surface area contributed by atoms with E-state index in [1.807, 2.05) is 38.1 Å². The van der Waals surface area contributed by atoms with Crippen molar-refractivity contribution in [3.05, 3.63) is 29.8 Å². The number of aromatic amines is 1. The number of nitrogens with one attached hydrogen (secondary N) is 1. The Morgan fingerprint density at radius 1 is 1.25 bits per heavy atom. The second-order valence-electron chi connectivity index (χ2n) is 4.05. The van der Waals surface area contributed by atoms with Gasteiger partial charge in [-0.05, 0) is 24.6 Å². The molecule has 1 aromatic heterocycles. The van der Waals surface area contributed by atoms with Crippen LogP contribution in [0.4, 0.5) is 0 Å². The van der Waals surface area contributed by atoms with Gasteiger partial charge in [-0.15, -0.1) is 10.2 Å². The van der Waals surface area contributed by atoms with Crippen molar-refractivity contribution in [3.63, 3.8) is 0 Å².